The molecular weight excluding hydrogens is 248 g/mol. The molecule has 1 aromatic heterocycles. The average molecular weight is 270 g/mol. The van der Waals surface area contributed by atoms with Gasteiger partial charge in [-0.1, -0.05) is 18.3 Å². The number of hydrogen-bond acceptors (Lipinski definition) is 5. The fraction of sp³-hybridized carbons (Fsp3) is 0.667. The topological polar surface area (TPSA) is 71.2 Å². The molecule has 0 aliphatic rings. The van der Waals surface area contributed by atoms with Crippen molar-refractivity contribution in [3.05, 3.63) is 4.88 Å². The van der Waals surface area contributed by atoms with Gasteiger partial charge in [0.25, 0.3) is 5.91 Å². The highest BCUT2D eigenvalue weighted by atomic mass is 32.1. The lowest BCUT2D eigenvalue weighted by Crippen LogP contribution is -2.34. The second-order valence-electron chi connectivity index (χ2n) is 4.71. The molecule has 0 saturated heterocycles. The minimum Gasteiger partial charge on any atom is -0.382 e. The van der Waals surface area contributed by atoms with E-state index in [1.54, 1.807) is 11.9 Å². The Morgan fingerprint density at radius 1 is 1.50 bits per heavy atom. The van der Waals surface area contributed by atoms with Gasteiger partial charge < -0.3 is 16.0 Å². The third-order valence-electron chi connectivity index (χ3n) is 2.83. The highest BCUT2D eigenvalue weighted by molar-refractivity contribution is 7.18. The van der Waals surface area contributed by atoms with Crippen LogP contribution in [0.4, 0.5) is 10.9 Å². The number of rotatable bonds is 5. The summed E-state index contributed by atoms with van der Waals surface area (Å²) in [5, 5.41) is 3.86. The van der Waals surface area contributed by atoms with E-state index in [0.717, 1.165) is 6.42 Å². The molecule has 1 aromatic rings. The average Bonchev–Trinajstić information content (AvgIpc) is 2.66. The molecule has 3 N–H and O–H groups in total. The molecule has 6 heteroatoms. The van der Waals surface area contributed by atoms with Crippen LogP contribution in [-0.4, -0.2) is 34.9 Å². The number of amides is 1. The summed E-state index contributed by atoms with van der Waals surface area (Å²) in [6, 6.07) is 0.464. The molecule has 0 aliphatic heterocycles. The maximum absolute atomic E-state index is 12.3. The zero-order chi connectivity index (χ0) is 13.9. The van der Waals surface area contributed by atoms with Crippen molar-refractivity contribution < 1.29 is 4.79 Å². The molecule has 1 atom stereocenters. The number of nitrogens with one attached hydrogen (secondary N) is 1. The van der Waals surface area contributed by atoms with Crippen LogP contribution in [0.3, 0.4) is 0 Å². The largest absolute Gasteiger partial charge is 0.382 e. The van der Waals surface area contributed by atoms with Crippen molar-refractivity contribution in [2.75, 3.05) is 18.1 Å². The summed E-state index contributed by atoms with van der Waals surface area (Å²) in [4.78, 5) is 18.7. The fourth-order valence-corrected chi connectivity index (χ4v) is 2.44. The molecule has 1 amide bonds. The molecule has 1 unspecified atom stereocenters. The summed E-state index contributed by atoms with van der Waals surface area (Å²) in [6.45, 7) is 8.10. The van der Waals surface area contributed by atoms with E-state index in [9.17, 15) is 4.79 Å². The van der Waals surface area contributed by atoms with Crippen LogP contribution in [0.25, 0.3) is 0 Å². The van der Waals surface area contributed by atoms with Crippen LogP contribution in [0.5, 0.6) is 0 Å². The summed E-state index contributed by atoms with van der Waals surface area (Å²) in [7, 11) is 1.80. The number of aromatic nitrogens is 1. The lowest BCUT2D eigenvalue weighted by atomic mass is 10.2. The highest BCUT2D eigenvalue weighted by Crippen LogP contribution is 2.27. The molecular formula is C12H22N4OS. The Kier molecular flexibility index (Phi) is 4.95. The zero-order valence-electron chi connectivity index (χ0n) is 11.7. The molecule has 0 saturated carbocycles. The van der Waals surface area contributed by atoms with Crippen molar-refractivity contribution in [1.29, 1.82) is 0 Å². The van der Waals surface area contributed by atoms with Gasteiger partial charge in [-0.15, -0.1) is 0 Å². The van der Waals surface area contributed by atoms with Crippen LogP contribution >= 0.6 is 11.3 Å². The smallest absolute Gasteiger partial charge is 0.267 e. The second-order valence-corrected chi connectivity index (χ2v) is 5.70. The predicted molar refractivity (Wildman–Crippen MR) is 77.1 cm³/mol. The molecule has 0 aromatic carbocycles. The highest BCUT2D eigenvalue weighted by Gasteiger charge is 2.22. The molecule has 0 aliphatic carbocycles. The SMILES string of the molecule is CCC(C)N(C)C(=O)c1sc(NC(C)C)nc1N. The summed E-state index contributed by atoms with van der Waals surface area (Å²) < 4.78 is 0. The van der Waals surface area contributed by atoms with Crippen LogP contribution < -0.4 is 11.1 Å². The van der Waals surface area contributed by atoms with E-state index in [-0.39, 0.29) is 18.0 Å². The molecule has 0 fully saturated rings. The lowest BCUT2D eigenvalue weighted by Gasteiger charge is -2.23. The van der Waals surface area contributed by atoms with Gasteiger partial charge in [0, 0.05) is 19.1 Å². The standard InChI is InChI=1S/C12H22N4OS/c1-6-8(4)16(5)11(17)9-10(13)15-12(18-9)14-7(2)3/h7-8H,6,13H2,1-5H3,(H,14,15). The number of hydrogen-bond donors (Lipinski definition) is 2. The maximum atomic E-state index is 12.3. The van der Waals surface area contributed by atoms with Crippen LogP contribution in [-0.2, 0) is 0 Å². The first kappa shape index (κ1) is 14.8. The monoisotopic (exact) mass is 270 g/mol. The summed E-state index contributed by atoms with van der Waals surface area (Å²) in [6.07, 6.45) is 0.915. The van der Waals surface area contributed by atoms with Gasteiger partial charge in [0.1, 0.15) is 10.7 Å². The van der Waals surface area contributed by atoms with Crippen molar-refractivity contribution in [3.63, 3.8) is 0 Å². The number of nitrogens with zero attached hydrogens (tertiary/aromatic N) is 2. The summed E-state index contributed by atoms with van der Waals surface area (Å²) in [5.74, 6) is 0.249. The minimum atomic E-state index is -0.0591. The van der Waals surface area contributed by atoms with Gasteiger partial charge in [-0.05, 0) is 27.2 Å². The third kappa shape index (κ3) is 3.35. The molecule has 18 heavy (non-hydrogen) atoms. The Balaban J connectivity index is 2.89. The summed E-state index contributed by atoms with van der Waals surface area (Å²) in [5.41, 5.74) is 5.81. The minimum absolute atomic E-state index is 0.0591. The maximum Gasteiger partial charge on any atom is 0.267 e. The number of carbonyl (C=O) groups is 1. The van der Waals surface area contributed by atoms with Gasteiger partial charge in [-0.3, -0.25) is 4.79 Å². The lowest BCUT2D eigenvalue weighted by molar-refractivity contribution is 0.0746. The van der Waals surface area contributed by atoms with Crippen LogP contribution in [0.1, 0.15) is 43.8 Å². The number of carbonyl (C=O) groups excluding carboxylic acids is 1. The molecule has 0 radical (unpaired) electrons. The Morgan fingerprint density at radius 3 is 2.61 bits per heavy atom. The van der Waals surface area contributed by atoms with Crippen molar-refractivity contribution in [1.82, 2.24) is 9.88 Å². The number of thiazole rings is 1. The van der Waals surface area contributed by atoms with E-state index in [0.29, 0.717) is 15.8 Å². The second kappa shape index (κ2) is 6.04. The Labute approximate surface area is 112 Å². The Hall–Kier alpha value is -1.30. The van der Waals surface area contributed by atoms with E-state index in [1.165, 1.54) is 11.3 Å². The van der Waals surface area contributed by atoms with Crippen molar-refractivity contribution >= 4 is 28.2 Å². The first-order valence-corrected chi connectivity index (χ1v) is 6.98. The van der Waals surface area contributed by atoms with Crippen LogP contribution in [0.2, 0.25) is 0 Å². The quantitative estimate of drug-likeness (QED) is 0.862. The van der Waals surface area contributed by atoms with E-state index in [1.807, 2.05) is 20.8 Å². The zero-order valence-corrected chi connectivity index (χ0v) is 12.5. The van der Waals surface area contributed by atoms with Gasteiger partial charge in [0.05, 0.1) is 0 Å². The van der Waals surface area contributed by atoms with E-state index in [2.05, 4.69) is 17.2 Å². The van der Waals surface area contributed by atoms with Crippen molar-refractivity contribution in [2.24, 2.45) is 0 Å². The molecule has 0 bridgehead atoms. The first-order valence-electron chi connectivity index (χ1n) is 6.16. The van der Waals surface area contributed by atoms with Crippen molar-refractivity contribution in [3.8, 4) is 0 Å². The van der Waals surface area contributed by atoms with Gasteiger partial charge in [0.2, 0.25) is 0 Å². The first-order chi connectivity index (χ1) is 8.36. The number of nitrogen functional groups attached to an aromatic ring is 1. The summed E-state index contributed by atoms with van der Waals surface area (Å²) >= 11 is 1.31. The van der Waals surface area contributed by atoms with Crippen LogP contribution in [0.15, 0.2) is 0 Å². The normalized spacial score (nSPS) is 12.6. The number of nitrogens with two attached hydrogens (primary N) is 1. The van der Waals surface area contributed by atoms with Gasteiger partial charge in [-0.25, -0.2) is 4.98 Å². The Bertz CT molecular complexity index is 416. The van der Waals surface area contributed by atoms with Gasteiger partial charge in [-0.2, -0.15) is 0 Å². The molecule has 1 rings (SSSR count). The molecule has 0 spiro atoms. The Morgan fingerprint density at radius 2 is 2.11 bits per heavy atom. The van der Waals surface area contributed by atoms with Gasteiger partial charge >= 0.3 is 0 Å². The van der Waals surface area contributed by atoms with E-state index >= 15 is 0 Å². The van der Waals surface area contributed by atoms with E-state index < -0.39 is 0 Å². The van der Waals surface area contributed by atoms with E-state index in [4.69, 9.17) is 5.73 Å². The fourth-order valence-electron chi connectivity index (χ4n) is 1.43. The van der Waals surface area contributed by atoms with Crippen molar-refractivity contribution in [2.45, 2.75) is 46.2 Å². The number of anilines is 2. The van der Waals surface area contributed by atoms with Crippen LogP contribution in [0, 0.1) is 0 Å². The molecule has 5 nitrogen and oxygen atoms in total. The van der Waals surface area contributed by atoms with Gasteiger partial charge in [0.15, 0.2) is 5.13 Å². The predicted octanol–water partition coefficient (Wildman–Crippen LogP) is 2.42. The molecule has 1 heterocycles. The third-order valence-corrected chi connectivity index (χ3v) is 3.82. The molecule has 102 valence electrons.